The van der Waals surface area contributed by atoms with Gasteiger partial charge in [-0.05, 0) is 30.7 Å². The molecule has 1 saturated heterocycles. The second-order valence-electron chi connectivity index (χ2n) is 10.2. The number of aromatic nitrogens is 1. The topological polar surface area (TPSA) is 99.6 Å². The van der Waals surface area contributed by atoms with E-state index in [4.69, 9.17) is 28.9 Å². The molecule has 0 atom stereocenters. The number of fused-ring (bicyclic) bond motifs is 1. The molecule has 1 aliphatic heterocycles. The van der Waals surface area contributed by atoms with Crippen molar-refractivity contribution in [2.75, 3.05) is 20.8 Å². The molecule has 2 heterocycles. The summed E-state index contributed by atoms with van der Waals surface area (Å²) in [6.07, 6.45) is 3.97. The Labute approximate surface area is 235 Å². The van der Waals surface area contributed by atoms with Crippen LogP contribution in [-0.2, 0) is 25.6 Å². The summed E-state index contributed by atoms with van der Waals surface area (Å²) in [6.45, 7) is 6.09. The maximum atomic E-state index is 13.3. The van der Waals surface area contributed by atoms with Gasteiger partial charge in [0, 0.05) is 31.8 Å². The Morgan fingerprint density at radius 1 is 0.975 bits per heavy atom. The number of carbonyl (C=O) groups is 2. The van der Waals surface area contributed by atoms with E-state index in [0.29, 0.717) is 30.3 Å². The second-order valence-corrected chi connectivity index (χ2v) is 10.2. The van der Waals surface area contributed by atoms with Crippen molar-refractivity contribution in [3.63, 3.8) is 0 Å². The first-order valence-electron chi connectivity index (χ1n) is 13.6. The number of para-hydroxylation sites is 1. The summed E-state index contributed by atoms with van der Waals surface area (Å²) in [4.78, 5) is 38.3. The molecule has 0 aliphatic carbocycles. The highest BCUT2D eigenvalue weighted by Gasteiger charge is 2.47. The first kappa shape index (κ1) is 28.9. The molecular weight excluding hydrogens is 510 g/mol. The lowest BCUT2D eigenvalue weighted by Crippen LogP contribution is -2.52. The van der Waals surface area contributed by atoms with Crippen molar-refractivity contribution in [1.82, 2.24) is 9.88 Å². The summed E-state index contributed by atoms with van der Waals surface area (Å²) in [5.74, 6) is -2.90. The van der Waals surface area contributed by atoms with E-state index in [1.807, 2.05) is 41.3 Å². The van der Waals surface area contributed by atoms with Crippen LogP contribution < -0.4 is 9.47 Å². The molecule has 3 aromatic rings. The highest BCUT2D eigenvalue weighted by atomic mass is 16.7. The van der Waals surface area contributed by atoms with Gasteiger partial charge in [0.05, 0.1) is 32.0 Å². The van der Waals surface area contributed by atoms with Crippen LogP contribution in [0.1, 0.15) is 52.1 Å². The normalized spacial score (nSPS) is 15.5. The van der Waals surface area contributed by atoms with Gasteiger partial charge in [-0.15, -0.1) is 0 Å². The number of cyclic esters (lactones) is 2. The molecule has 1 aliphatic rings. The molecule has 0 radical (unpaired) electrons. The van der Waals surface area contributed by atoms with Crippen molar-refractivity contribution in [3.05, 3.63) is 60.3 Å². The van der Waals surface area contributed by atoms with Crippen molar-refractivity contribution >= 4 is 34.4 Å². The van der Waals surface area contributed by atoms with E-state index in [-0.39, 0.29) is 5.84 Å². The Kier molecular flexibility index (Phi) is 9.24. The number of rotatable bonds is 11. The predicted molar refractivity (Wildman–Crippen MR) is 153 cm³/mol. The van der Waals surface area contributed by atoms with Crippen LogP contribution in [0.5, 0.6) is 11.5 Å². The molecule has 40 heavy (non-hydrogen) atoms. The summed E-state index contributed by atoms with van der Waals surface area (Å²) in [7, 11) is 3.09. The second kappa shape index (κ2) is 12.8. The van der Waals surface area contributed by atoms with Gasteiger partial charge < -0.3 is 23.8 Å². The third-order valence-electron chi connectivity index (χ3n) is 6.66. The molecule has 0 N–H and O–H groups in total. The number of hydrogen-bond donors (Lipinski definition) is 0. The number of hydrogen-bond acceptors (Lipinski definition) is 8. The number of carbonyl (C=O) groups excluding carboxylic acids is 2. The number of unbranched alkanes of at least 4 members (excludes halogenated alkanes) is 3. The average molecular weight is 548 g/mol. The Morgan fingerprint density at radius 2 is 1.73 bits per heavy atom. The number of amidine groups is 1. The number of nitrogens with zero attached hydrogens (tertiary/aromatic N) is 3. The lowest BCUT2D eigenvalue weighted by molar-refractivity contribution is -0.236. The molecule has 0 saturated carbocycles. The van der Waals surface area contributed by atoms with Gasteiger partial charge in [-0.1, -0.05) is 50.5 Å². The van der Waals surface area contributed by atoms with Crippen LogP contribution in [-0.4, -0.2) is 54.2 Å². The fourth-order valence-corrected chi connectivity index (χ4v) is 4.64. The SMILES string of the molecule is CCCCCCN(Cc1ccc2ccccc2n1)C(=Nc1ccc(OC)cc1OC)C1C(=O)OC(C)(C)OC1=O. The molecule has 9 heteroatoms. The van der Waals surface area contributed by atoms with Gasteiger partial charge in [0.25, 0.3) is 5.79 Å². The van der Waals surface area contributed by atoms with E-state index < -0.39 is 23.6 Å². The zero-order valence-electron chi connectivity index (χ0n) is 23.8. The Bertz CT molecular complexity index is 1370. The molecule has 0 spiro atoms. The number of methoxy groups -OCH3 is 2. The van der Waals surface area contributed by atoms with Gasteiger partial charge in [0.1, 0.15) is 23.0 Å². The zero-order valence-corrected chi connectivity index (χ0v) is 23.8. The minimum Gasteiger partial charge on any atom is -0.497 e. The zero-order chi connectivity index (χ0) is 28.7. The molecule has 212 valence electrons. The number of benzene rings is 2. The fourth-order valence-electron chi connectivity index (χ4n) is 4.64. The number of aliphatic imine (C=N–C) groups is 1. The predicted octanol–water partition coefficient (Wildman–Crippen LogP) is 5.82. The highest BCUT2D eigenvalue weighted by molar-refractivity contribution is 6.17. The van der Waals surface area contributed by atoms with Gasteiger partial charge in [-0.2, -0.15) is 0 Å². The first-order valence-corrected chi connectivity index (χ1v) is 13.6. The van der Waals surface area contributed by atoms with Crippen molar-refractivity contribution < 1.29 is 28.5 Å². The number of pyridine rings is 1. The van der Waals surface area contributed by atoms with Gasteiger partial charge >= 0.3 is 11.9 Å². The Morgan fingerprint density at radius 3 is 2.42 bits per heavy atom. The van der Waals surface area contributed by atoms with Crippen LogP contribution in [0.2, 0.25) is 0 Å². The van der Waals surface area contributed by atoms with E-state index >= 15 is 0 Å². The van der Waals surface area contributed by atoms with Crippen LogP contribution in [0.15, 0.2) is 59.6 Å². The molecule has 0 unspecified atom stereocenters. The molecule has 1 aromatic heterocycles. The lowest BCUT2D eigenvalue weighted by Gasteiger charge is -2.36. The molecule has 9 nitrogen and oxygen atoms in total. The van der Waals surface area contributed by atoms with Crippen LogP contribution in [0.25, 0.3) is 10.9 Å². The average Bonchev–Trinajstić information content (AvgIpc) is 2.93. The molecule has 0 amide bonds. The minimum atomic E-state index is -1.37. The van der Waals surface area contributed by atoms with Gasteiger partial charge in [0.15, 0.2) is 0 Å². The van der Waals surface area contributed by atoms with E-state index in [2.05, 4.69) is 6.92 Å². The quantitative estimate of drug-likeness (QED) is 0.0974. The van der Waals surface area contributed by atoms with Crippen molar-refractivity contribution in [2.24, 2.45) is 10.9 Å². The standard InChI is InChI=1S/C31H37N3O6/c1-6-7-8-11-18-34(20-22-15-14-21-12-9-10-13-24(21)32-22)28(27-29(35)39-31(2,3)40-30(27)36)33-25-17-16-23(37-4)19-26(25)38-5/h9-10,12-17,19,27H,6-8,11,18,20H2,1-5H3. The minimum absolute atomic E-state index is 0.223. The largest absolute Gasteiger partial charge is 0.497 e. The van der Waals surface area contributed by atoms with Gasteiger partial charge in [0.2, 0.25) is 5.92 Å². The van der Waals surface area contributed by atoms with Crippen LogP contribution in [0, 0.1) is 5.92 Å². The smallest absolute Gasteiger partial charge is 0.331 e. The summed E-state index contributed by atoms with van der Waals surface area (Å²) >= 11 is 0. The third kappa shape index (κ3) is 6.89. The van der Waals surface area contributed by atoms with Crippen LogP contribution in [0.3, 0.4) is 0 Å². The molecule has 1 fully saturated rings. The summed E-state index contributed by atoms with van der Waals surface area (Å²) in [5, 5.41) is 1.03. The van der Waals surface area contributed by atoms with E-state index in [1.165, 1.54) is 21.0 Å². The lowest BCUT2D eigenvalue weighted by atomic mass is 10.0. The maximum absolute atomic E-state index is 13.3. The Balaban J connectivity index is 1.81. The monoisotopic (exact) mass is 547 g/mol. The van der Waals surface area contributed by atoms with Gasteiger partial charge in [-0.25, -0.2) is 4.99 Å². The summed E-state index contributed by atoms with van der Waals surface area (Å²) < 4.78 is 21.9. The van der Waals surface area contributed by atoms with Crippen molar-refractivity contribution in [1.29, 1.82) is 0 Å². The maximum Gasteiger partial charge on any atom is 0.331 e. The van der Waals surface area contributed by atoms with Gasteiger partial charge in [-0.3, -0.25) is 14.6 Å². The van der Waals surface area contributed by atoms with E-state index in [0.717, 1.165) is 42.3 Å². The Hall–Kier alpha value is -4.14. The third-order valence-corrected chi connectivity index (χ3v) is 6.66. The summed E-state index contributed by atoms with van der Waals surface area (Å²) in [5.41, 5.74) is 2.08. The highest BCUT2D eigenvalue weighted by Crippen LogP contribution is 2.34. The van der Waals surface area contributed by atoms with Crippen molar-refractivity contribution in [3.8, 4) is 11.5 Å². The molecule has 0 bridgehead atoms. The number of esters is 2. The summed E-state index contributed by atoms with van der Waals surface area (Å²) in [6, 6.07) is 17.0. The van der Waals surface area contributed by atoms with Crippen molar-refractivity contribution in [2.45, 2.75) is 58.8 Å². The van der Waals surface area contributed by atoms with E-state index in [9.17, 15) is 9.59 Å². The van der Waals surface area contributed by atoms with Crippen LogP contribution >= 0.6 is 0 Å². The first-order chi connectivity index (χ1) is 19.2. The van der Waals surface area contributed by atoms with Crippen LogP contribution in [0.4, 0.5) is 5.69 Å². The molecule has 4 rings (SSSR count). The molecule has 2 aromatic carbocycles. The number of ether oxygens (including phenoxy) is 4. The fraction of sp³-hybridized carbons (Fsp3) is 0.419. The molecular formula is C31H37N3O6. The van der Waals surface area contributed by atoms with E-state index in [1.54, 1.807) is 25.3 Å².